The molecule has 0 bridgehead atoms. The van der Waals surface area contributed by atoms with Gasteiger partial charge in [0.15, 0.2) is 12.0 Å². The van der Waals surface area contributed by atoms with Gasteiger partial charge in [0.1, 0.15) is 6.54 Å². The zero-order valence-corrected chi connectivity index (χ0v) is 7.47. The van der Waals surface area contributed by atoms with Gasteiger partial charge in [0.25, 0.3) is 0 Å². The summed E-state index contributed by atoms with van der Waals surface area (Å²) in [5.41, 5.74) is 0.683. The van der Waals surface area contributed by atoms with Crippen molar-refractivity contribution in [2.75, 3.05) is 0 Å². The Labute approximate surface area is 76.8 Å². The quantitative estimate of drug-likeness (QED) is 0.629. The number of rotatable bonds is 2. The minimum atomic E-state index is -0.305. The van der Waals surface area contributed by atoms with Crippen molar-refractivity contribution in [3.05, 3.63) is 17.7 Å². The molecule has 13 heavy (non-hydrogen) atoms. The fourth-order valence-corrected chi connectivity index (χ4v) is 1.35. The first-order valence-corrected chi connectivity index (χ1v) is 4.36. The van der Waals surface area contributed by atoms with Crippen LogP contribution < -0.4 is 0 Å². The molecule has 0 unspecified atom stereocenters. The zero-order valence-electron chi connectivity index (χ0n) is 7.47. The highest BCUT2D eigenvalue weighted by Gasteiger charge is 2.30. The van der Waals surface area contributed by atoms with Crippen LogP contribution in [0.15, 0.2) is 0 Å². The van der Waals surface area contributed by atoms with Crippen LogP contribution in [0, 0.1) is 23.9 Å². The lowest BCUT2D eigenvalue weighted by molar-refractivity contribution is 0.589. The monoisotopic (exact) mass is 177 g/mol. The first-order chi connectivity index (χ1) is 6.33. The van der Waals surface area contributed by atoms with Gasteiger partial charge in [0.05, 0.1) is 5.69 Å². The lowest BCUT2D eigenvalue weighted by Crippen LogP contribution is -2.03. The molecule has 0 spiro atoms. The molecule has 1 radical (unpaired) electrons. The highest BCUT2D eigenvalue weighted by Crippen LogP contribution is 2.40. The van der Waals surface area contributed by atoms with E-state index in [1.807, 2.05) is 0 Å². The van der Waals surface area contributed by atoms with Gasteiger partial charge in [-0.3, -0.25) is 4.68 Å². The van der Waals surface area contributed by atoms with Crippen LogP contribution in [0.4, 0.5) is 4.39 Å². The maximum Gasteiger partial charge on any atom is 0.174 e. The Morgan fingerprint density at radius 1 is 1.69 bits per heavy atom. The molecule has 0 N–H and O–H groups in total. The van der Waals surface area contributed by atoms with Gasteiger partial charge in [-0.15, -0.1) is 5.92 Å². The highest BCUT2D eigenvalue weighted by atomic mass is 19.1. The molecule has 1 aliphatic rings. The molecule has 0 saturated heterocycles. The van der Waals surface area contributed by atoms with E-state index in [0.717, 1.165) is 12.8 Å². The summed E-state index contributed by atoms with van der Waals surface area (Å²) in [5.74, 6) is 5.68. The Hall–Kier alpha value is -1.30. The average molecular weight is 177 g/mol. The van der Waals surface area contributed by atoms with Crippen molar-refractivity contribution < 1.29 is 4.39 Å². The number of nitrogens with zero attached hydrogens (tertiary/aromatic N) is 2. The molecular formula is C10H10FN2. The largest absolute Gasteiger partial charge is 0.254 e. The lowest BCUT2D eigenvalue weighted by Gasteiger charge is -2.00. The van der Waals surface area contributed by atoms with Gasteiger partial charge in [-0.25, -0.2) is 4.39 Å². The van der Waals surface area contributed by atoms with Crippen molar-refractivity contribution in [2.45, 2.75) is 32.2 Å². The number of hydrogen-bond donors (Lipinski definition) is 0. The highest BCUT2D eigenvalue weighted by molar-refractivity contribution is 5.16. The number of aromatic nitrogens is 2. The Balaban J connectivity index is 2.26. The third-order valence-electron chi connectivity index (χ3n) is 2.14. The van der Waals surface area contributed by atoms with E-state index >= 15 is 0 Å². The second-order valence-corrected chi connectivity index (χ2v) is 3.17. The Morgan fingerprint density at radius 3 is 3.08 bits per heavy atom. The van der Waals surface area contributed by atoms with E-state index in [1.165, 1.54) is 0 Å². The molecule has 0 amide bonds. The molecule has 0 aromatic carbocycles. The van der Waals surface area contributed by atoms with Crippen molar-refractivity contribution in [3.8, 4) is 11.8 Å². The van der Waals surface area contributed by atoms with Gasteiger partial charge >= 0.3 is 0 Å². The van der Waals surface area contributed by atoms with Gasteiger partial charge in [-0.1, -0.05) is 5.92 Å². The second kappa shape index (κ2) is 3.21. The summed E-state index contributed by atoms with van der Waals surface area (Å²) < 4.78 is 14.8. The SMILES string of the molecule is CC#CCn1n[c]c(F)c1C1CC1. The van der Waals surface area contributed by atoms with E-state index in [1.54, 1.807) is 11.6 Å². The van der Waals surface area contributed by atoms with Crippen LogP contribution in [0.2, 0.25) is 0 Å². The number of hydrogen-bond acceptors (Lipinski definition) is 1. The summed E-state index contributed by atoms with van der Waals surface area (Å²) in [4.78, 5) is 0. The van der Waals surface area contributed by atoms with Crippen molar-refractivity contribution in [3.63, 3.8) is 0 Å². The maximum absolute atomic E-state index is 13.1. The van der Waals surface area contributed by atoms with E-state index < -0.39 is 0 Å². The van der Waals surface area contributed by atoms with E-state index in [9.17, 15) is 4.39 Å². The van der Waals surface area contributed by atoms with Crippen molar-refractivity contribution >= 4 is 0 Å². The first-order valence-electron chi connectivity index (χ1n) is 4.36. The maximum atomic E-state index is 13.1. The standard InChI is InChI=1S/C10H10FN2/c1-2-3-6-13-10(8-4-5-8)9(11)7-12-13/h8H,4-6H2,1H3. The third kappa shape index (κ3) is 1.57. The Kier molecular flexibility index (Phi) is 2.05. The lowest BCUT2D eigenvalue weighted by atomic mass is 10.3. The molecule has 2 nitrogen and oxygen atoms in total. The molecule has 0 atom stereocenters. The first kappa shape index (κ1) is 8.31. The molecule has 1 fully saturated rings. The third-order valence-corrected chi connectivity index (χ3v) is 2.14. The Bertz CT molecular complexity index is 366. The van der Waals surface area contributed by atoms with Crippen molar-refractivity contribution in [1.29, 1.82) is 0 Å². The molecule has 1 aromatic rings. The fraction of sp³-hybridized carbons (Fsp3) is 0.500. The molecule has 0 aliphatic heterocycles. The predicted octanol–water partition coefficient (Wildman–Crippen LogP) is 1.72. The second-order valence-electron chi connectivity index (χ2n) is 3.17. The van der Waals surface area contributed by atoms with Crippen LogP contribution in [-0.2, 0) is 6.54 Å². The van der Waals surface area contributed by atoms with E-state index in [2.05, 4.69) is 23.1 Å². The van der Waals surface area contributed by atoms with Crippen LogP contribution in [0.5, 0.6) is 0 Å². The summed E-state index contributed by atoms with van der Waals surface area (Å²) in [7, 11) is 0. The summed E-state index contributed by atoms with van der Waals surface area (Å²) in [6, 6.07) is 0. The summed E-state index contributed by atoms with van der Waals surface area (Å²) in [6.07, 6.45) is 4.48. The zero-order chi connectivity index (χ0) is 9.26. The van der Waals surface area contributed by atoms with Crippen LogP contribution in [0.25, 0.3) is 0 Å². The summed E-state index contributed by atoms with van der Waals surface area (Å²) in [5, 5.41) is 3.83. The summed E-state index contributed by atoms with van der Waals surface area (Å²) in [6.45, 7) is 2.24. The van der Waals surface area contributed by atoms with Gasteiger partial charge < -0.3 is 0 Å². The van der Waals surface area contributed by atoms with Crippen LogP contribution in [0.1, 0.15) is 31.4 Å². The molecule has 1 heterocycles. The molecule has 1 aromatic heterocycles. The average Bonchev–Trinajstić information content (AvgIpc) is 2.88. The van der Waals surface area contributed by atoms with Crippen LogP contribution in [0.3, 0.4) is 0 Å². The molecule has 3 heteroatoms. The van der Waals surface area contributed by atoms with Crippen LogP contribution >= 0.6 is 0 Å². The van der Waals surface area contributed by atoms with Gasteiger partial charge in [-0.2, -0.15) is 5.10 Å². The predicted molar refractivity (Wildman–Crippen MR) is 46.4 cm³/mol. The van der Waals surface area contributed by atoms with Gasteiger partial charge in [0, 0.05) is 5.92 Å². The molecule has 67 valence electrons. The normalized spacial score (nSPS) is 15.2. The molecule has 1 aliphatic carbocycles. The van der Waals surface area contributed by atoms with Gasteiger partial charge in [-0.05, 0) is 19.8 Å². The minimum absolute atomic E-state index is 0.305. The van der Waals surface area contributed by atoms with Crippen molar-refractivity contribution in [2.24, 2.45) is 0 Å². The smallest absolute Gasteiger partial charge is 0.174 e. The Morgan fingerprint density at radius 2 is 2.46 bits per heavy atom. The molecular weight excluding hydrogens is 167 g/mol. The topological polar surface area (TPSA) is 17.8 Å². The van der Waals surface area contributed by atoms with Crippen LogP contribution in [-0.4, -0.2) is 9.78 Å². The molecule has 1 saturated carbocycles. The fourth-order valence-electron chi connectivity index (χ4n) is 1.35. The van der Waals surface area contributed by atoms with E-state index in [4.69, 9.17) is 0 Å². The minimum Gasteiger partial charge on any atom is -0.254 e. The van der Waals surface area contributed by atoms with E-state index in [-0.39, 0.29) is 5.82 Å². The van der Waals surface area contributed by atoms with Gasteiger partial charge in [0.2, 0.25) is 0 Å². The molecule has 2 rings (SSSR count). The van der Waals surface area contributed by atoms with E-state index in [0.29, 0.717) is 18.2 Å². The van der Waals surface area contributed by atoms with Crippen molar-refractivity contribution in [1.82, 2.24) is 9.78 Å². The summed E-state index contributed by atoms with van der Waals surface area (Å²) >= 11 is 0. The number of halogens is 1.